The zero-order valence-corrected chi connectivity index (χ0v) is 10.7. The summed E-state index contributed by atoms with van der Waals surface area (Å²) in [6, 6.07) is 0. The fourth-order valence-electron chi connectivity index (χ4n) is 1.91. The number of allylic oxidation sites excluding steroid dienone is 8. The molecule has 16 heavy (non-hydrogen) atoms. The van der Waals surface area contributed by atoms with Crippen LogP contribution in [0.4, 0.5) is 0 Å². The third-order valence-electron chi connectivity index (χ3n) is 2.94. The molecule has 1 rings (SSSR count). The molecule has 0 saturated heterocycles. The van der Waals surface area contributed by atoms with Gasteiger partial charge in [0.15, 0.2) is 0 Å². The van der Waals surface area contributed by atoms with Gasteiger partial charge in [-0.1, -0.05) is 63.1 Å². The first-order valence-corrected chi connectivity index (χ1v) is 6.62. The minimum Gasteiger partial charge on any atom is -0.0654 e. The summed E-state index contributed by atoms with van der Waals surface area (Å²) >= 11 is 0. The van der Waals surface area contributed by atoms with Crippen LogP contribution in [-0.2, 0) is 0 Å². The fourth-order valence-corrected chi connectivity index (χ4v) is 1.91. The second kappa shape index (κ2) is 8.15. The van der Waals surface area contributed by atoms with Gasteiger partial charge in [0.2, 0.25) is 0 Å². The number of hydrogen-bond donors (Lipinski definition) is 0. The highest BCUT2D eigenvalue weighted by Crippen LogP contribution is 2.21. The van der Waals surface area contributed by atoms with E-state index in [1.807, 2.05) is 0 Å². The molecule has 0 aromatic heterocycles. The first-order chi connectivity index (χ1) is 7.88. The second-order valence-corrected chi connectivity index (χ2v) is 4.36. The Bertz CT molecular complexity index is 270. The van der Waals surface area contributed by atoms with E-state index >= 15 is 0 Å². The summed E-state index contributed by atoms with van der Waals surface area (Å²) in [6.07, 6.45) is 20.7. The molecular weight excluding hydrogens is 192 g/mol. The molecular formula is C16H24. The van der Waals surface area contributed by atoms with Crippen molar-refractivity contribution >= 4 is 0 Å². The van der Waals surface area contributed by atoms with Gasteiger partial charge >= 0.3 is 0 Å². The van der Waals surface area contributed by atoms with E-state index < -0.39 is 0 Å². The van der Waals surface area contributed by atoms with Crippen LogP contribution in [0.5, 0.6) is 0 Å². The van der Waals surface area contributed by atoms with Crippen LogP contribution in [0.1, 0.15) is 52.4 Å². The molecule has 88 valence electrons. The molecule has 0 aromatic rings. The van der Waals surface area contributed by atoms with E-state index in [1.54, 1.807) is 0 Å². The minimum atomic E-state index is 1.23. The average molecular weight is 216 g/mol. The smallest absolute Gasteiger partial charge is 0.0276 e. The highest BCUT2D eigenvalue weighted by Gasteiger charge is 2.02. The van der Waals surface area contributed by atoms with Crippen LogP contribution >= 0.6 is 0 Å². The van der Waals surface area contributed by atoms with E-state index in [0.717, 1.165) is 0 Å². The molecule has 0 nitrogen and oxygen atoms in total. The molecule has 0 N–H and O–H groups in total. The molecule has 0 aliphatic heterocycles. The third-order valence-corrected chi connectivity index (χ3v) is 2.94. The van der Waals surface area contributed by atoms with E-state index in [9.17, 15) is 0 Å². The van der Waals surface area contributed by atoms with Crippen molar-refractivity contribution in [2.24, 2.45) is 0 Å². The van der Waals surface area contributed by atoms with Gasteiger partial charge in [-0.2, -0.15) is 0 Å². The van der Waals surface area contributed by atoms with Crippen molar-refractivity contribution in [2.45, 2.75) is 52.4 Å². The standard InChI is InChI=1S/C16H24/c1-3-5-11-15-13-9-7-8-10-14-16(15)12-6-4-2/h7-10,13-14H,3-6,11-12H2,1-2H3. The molecule has 1 aliphatic rings. The van der Waals surface area contributed by atoms with Crippen LogP contribution in [0.25, 0.3) is 0 Å². The third kappa shape index (κ3) is 4.65. The highest BCUT2D eigenvalue weighted by atomic mass is 14.1. The maximum Gasteiger partial charge on any atom is -0.0276 e. The highest BCUT2D eigenvalue weighted by molar-refractivity contribution is 5.38. The summed E-state index contributed by atoms with van der Waals surface area (Å²) < 4.78 is 0. The predicted octanol–water partition coefficient (Wildman–Crippen LogP) is 5.35. The first kappa shape index (κ1) is 13.0. The molecule has 0 amide bonds. The summed E-state index contributed by atoms with van der Waals surface area (Å²) in [5, 5.41) is 0. The Balaban J connectivity index is 2.76. The zero-order chi connectivity index (χ0) is 11.6. The van der Waals surface area contributed by atoms with E-state index in [4.69, 9.17) is 0 Å². The van der Waals surface area contributed by atoms with Gasteiger partial charge in [0, 0.05) is 0 Å². The quantitative estimate of drug-likeness (QED) is 0.561. The molecule has 0 saturated carbocycles. The SMILES string of the molecule is CCCCC1=C(CCCC)C=CC=CC=C1. The van der Waals surface area contributed by atoms with E-state index in [0.29, 0.717) is 0 Å². The lowest BCUT2D eigenvalue weighted by Gasteiger charge is -2.10. The van der Waals surface area contributed by atoms with E-state index in [1.165, 1.54) is 49.7 Å². The van der Waals surface area contributed by atoms with Gasteiger partial charge in [-0.15, -0.1) is 0 Å². The van der Waals surface area contributed by atoms with Crippen molar-refractivity contribution in [2.75, 3.05) is 0 Å². The Hall–Kier alpha value is -1.04. The zero-order valence-electron chi connectivity index (χ0n) is 10.7. The van der Waals surface area contributed by atoms with Gasteiger partial charge in [-0.3, -0.25) is 0 Å². The van der Waals surface area contributed by atoms with Crippen LogP contribution in [0.2, 0.25) is 0 Å². The van der Waals surface area contributed by atoms with Crippen LogP contribution in [0.3, 0.4) is 0 Å². The van der Waals surface area contributed by atoms with E-state index in [2.05, 4.69) is 50.3 Å². The van der Waals surface area contributed by atoms with Gasteiger partial charge in [0.05, 0.1) is 0 Å². The average Bonchev–Trinajstić information content (AvgIpc) is 2.27. The Morgan fingerprint density at radius 3 is 1.50 bits per heavy atom. The topological polar surface area (TPSA) is 0 Å². The summed E-state index contributed by atoms with van der Waals surface area (Å²) in [4.78, 5) is 0. The fraction of sp³-hybridized carbons (Fsp3) is 0.500. The monoisotopic (exact) mass is 216 g/mol. The summed E-state index contributed by atoms with van der Waals surface area (Å²) in [7, 11) is 0. The van der Waals surface area contributed by atoms with Crippen molar-refractivity contribution < 1.29 is 0 Å². The predicted molar refractivity (Wildman–Crippen MR) is 73.5 cm³/mol. The van der Waals surface area contributed by atoms with Gasteiger partial charge in [0.25, 0.3) is 0 Å². The van der Waals surface area contributed by atoms with Crippen molar-refractivity contribution in [3.63, 3.8) is 0 Å². The Morgan fingerprint density at radius 1 is 0.688 bits per heavy atom. The normalized spacial score (nSPS) is 15.4. The van der Waals surface area contributed by atoms with Gasteiger partial charge in [-0.25, -0.2) is 0 Å². The first-order valence-electron chi connectivity index (χ1n) is 6.62. The van der Waals surface area contributed by atoms with Crippen molar-refractivity contribution in [3.8, 4) is 0 Å². The van der Waals surface area contributed by atoms with E-state index in [-0.39, 0.29) is 0 Å². The van der Waals surface area contributed by atoms with Gasteiger partial charge < -0.3 is 0 Å². The Kier molecular flexibility index (Phi) is 6.64. The molecule has 0 bridgehead atoms. The summed E-state index contributed by atoms with van der Waals surface area (Å²) in [6.45, 7) is 4.52. The molecule has 0 heterocycles. The van der Waals surface area contributed by atoms with Gasteiger partial charge in [0.1, 0.15) is 0 Å². The molecule has 0 heteroatoms. The molecule has 1 aliphatic carbocycles. The largest absolute Gasteiger partial charge is 0.0654 e. The molecule has 0 radical (unpaired) electrons. The van der Waals surface area contributed by atoms with Crippen LogP contribution in [0.15, 0.2) is 47.6 Å². The van der Waals surface area contributed by atoms with Crippen LogP contribution < -0.4 is 0 Å². The molecule has 0 aromatic carbocycles. The lowest BCUT2D eigenvalue weighted by Crippen LogP contribution is -1.90. The molecule has 0 spiro atoms. The van der Waals surface area contributed by atoms with Crippen LogP contribution in [-0.4, -0.2) is 0 Å². The maximum atomic E-state index is 2.29. The Labute approximate surface area is 100 Å². The lowest BCUT2D eigenvalue weighted by atomic mass is 9.96. The van der Waals surface area contributed by atoms with Gasteiger partial charge in [-0.05, 0) is 36.8 Å². The maximum absolute atomic E-state index is 2.29. The molecule has 0 unspecified atom stereocenters. The van der Waals surface area contributed by atoms with Crippen molar-refractivity contribution in [1.29, 1.82) is 0 Å². The lowest BCUT2D eigenvalue weighted by molar-refractivity contribution is 0.764. The second-order valence-electron chi connectivity index (χ2n) is 4.36. The summed E-state index contributed by atoms with van der Waals surface area (Å²) in [5.41, 5.74) is 3.08. The molecule has 0 atom stereocenters. The Morgan fingerprint density at radius 2 is 1.12 bits per heavy atom. The van der Waals surface area contributed by atoms with Crippen LogP contribution in [0, 0.1) is 0 Å². The number of hydrogen-bond acceptors (Lipinski definition) is 0. The van der Waals surface area contributed by atoms with Crippen molar-refractivity contribution in [3.05, 3.63) is 47.6 Å². The minimum absolute atomic E-state index is 1.23. The molecule has 0 fully saturated rings. The number of unbranched alkanes of at least 4 members (excludes halogenated alkanes) is 2. The summed E-state index contributed by atoms with van der Waals surface area (Å²) in [5.74, 6) is 0. The number of rotatable bonds is 6. The van der Waals surface area contributed by atoms with Crippen molar-refractivity contribution in [1.82, 2.24) is 0 Å².